The summed E-state index contributed by atoms with van der Waals surface area (Å²) < 4.78 is 11.3. The molecule has 4 rings (SSSR count). The van der Waals surface area contributed by atoms with Crippen LogP contribution < -0.4 is 20.9 Å². The molecular weight excluding hydrogens is 408 g/mol. The van der Waals surface area contributed by atoms with Crippen molar-refractivity contribution in [2.24, 2.45) is 0 Å². The standard InChI is InChI=1S/C24H24N4O4/c1-3-19-17(22(25)28-24(26)27-19)9-4-13(2)16-10-18(21-20(11-16)31-12-32-21)14-5-7-15(8-6-14)23(29)30/h5-8,10-11,13,23,29-30H,3,12H2,1-2H3,(H4,25,26,27,28)/t13-/m0/s1. The van der Waals surface area contributed by atoms with Crippen LogP contribution in [0.2, 0.25) is 0 Å². The van der Waals surface area contributed by atoms with Crippen LogP contribution in [0.1, 0.15) is 48.4 Å². The molecule has 0 amide bonds. The van der Waals surface area contributed by atoms with Gasteiger partial charge in [-0.2, -0.15) is 4.98 Å². The van der Waals surface area contributed by atoms with Gasteiger partial charge in [0.05, 0.1) is 11.3 Å². The first kappa shape index (κ1) is 21.4. The van der Waals surface area contributed by atoms with Gasteiger partial charge in [-0.05, 0) is 36.6 Å². The maximum Gasteiger partial charge on any atom is 0.231 e. The van der Waals surface area contributed by atoms with Crippen molar-refractivity contribution in [2.45, 2.75) is 32.5 Å². The van der Waals surface area contributed by atoms with E-state index in [4.69, 9.17) is 20.9 Å². The Hall–Kier alpha value is -3.80. The lowest BCUT2D eigenvalue weighted by Gasteiger charge is -2.13. The van der Waals surface area contributed by atoms with Crippen molar-refractivity contribution < 1.29 is 19.7 Å². The summed E-state index contributed by atoms with van der Waals surface area (Å²) >= 11 is 0. The van der Waals surface area contributed by atoms with Gasteiger partial charge in [0.25, 0.3) is 0 Å². The Bertz CT molecular complexity index is 1210. The van der Waals surface area contributed by atoms with Gasteiger partial charge in [0, 0.05) is 17.0 Å². The molecule has 3 aromatic rings. The maximum atomic E-state index is 9.35. The number of benzene rings is 2. The van der Waals surface area contributed by atoms with Crippen LogP contribution in [-0.2, 0) is 6.42 Å². The summed E-state index contributed by atoms with van der Waals surface area (Å²) in [7, 11) is 0. The fourth-order valence-electron chi connectivity index (χ4n) is 3.53. The highest BCUT2D eigenvalue weighted by Gasteiger charge is 2.22. The molecule has 1 atom stereocenters. The van der Waals surface area contributed by atoms with Crippen molar-refractivity contribution in [1.82, 2.24) is 9.97 Å². The minimum atomic E-state index is -1.52. The normalized spacial score (nSPS) is 13.0. The number of nitrogen functional groups attached to an aromatic ring is 2. The van der Waals surface area contributed by atoms with Crippen LogP contribution in [0.4, 0.5) is 11.8 Å². The molecule has 0 radical (unpaired) electrons. The SMILES string of the molecule is CCc1nc(N)nc(N)c1C#C[C@H](C)c1cc2c(c(-c3ccc(C(O)O)cc3)c1)OCO2. The molecule has 8 heteroatoms. The number of aromatic nitrogens is 2. The number of aryl methyl sites for hydroxylation is 1. The van der Waals surface area contributed by atoms with Crippen LogP contribution >= 0.6 is 0 Å². The van der Waals surface area contributed by atoms with Crippen molar-refractivity contribution >= 4 is 11.8 Å². The fourth-order valence-corrected chi connectivity index (χ4v) is 3.53. The first-order chi connectivity index (χ1) is 15.4. The number of anilines is 2. The van der Waals surface area contributed by atoms with E-state index >= 15 is 0 Å². The largest absolute Gasteiger partial charge is 0.454 e. The van der Waals surface area contributed by atoms with Gasteiger partial charge in [-0.3, -0.25) is 0 Å². The van der Waals surface area contributed by atoms with Crippen LogP contribution in [0.3, 0.4) is 0 Å². The number of aliphatic hydroxyl groups excluding tert-OH is 1. The smallest absolute Gasteiger partial charge is 0.231 e. The molecule has 0 saturated carbocycles. The van der Waals surface area contributed by atoms with Crippen molar-refractivity contribution in [3.8, 4) is 34.5 Å². The third-order valence-corrected chi connectivity index (χ3v) is 5.29. The van der Waals surface area contributed by atoms with Crippen molar-refractivity contribution in [2.75, 3.05) is 18.3 Å². The van der Waals surface area contributed by atoms with Crippen LogP contribution in [0.25, 0.3) is 11.1 Å². The molecule has 0 saturated heterocycles. The number of fused-ring (bicyclic) bond motifs is 1. The lowest BCUT2D eigenvalue weighted by molar-refractivity contribution is -0.0424. The van der Waals surface area contributed by atoms with Crippen molar-refractivity contribution in [1.29, 1.82) is 0 Å². The molecule has 2 aromatic carbocycles. The molecule has 2 heterocycles. The molecule has 32 heavy (non-hydrogen) atoms. The molecule has 1 aliphatic rings. The van der Waals surface area contributed by atoms with Gasteiger partial charge >= 0.3 is 0 Å². The van der Waals surface area contributed by atoms with E-state index in [1.165, 1.54) is 0 Å². The average molecular weight is 432 g/mol. The number of nitrogens with two attached hydrogens (primary N) is 2. The summed E-state index contributed by atoms with van der Waals surface area (Å²) in [6.07, 6.45) is -0.879. The molecule has 0 aliphatic carbocycles. The Labute approximate surface area is 185 Å². The fraction of sp³-hybridized carbons (Fsp3) is 0.250. The van der Waals surface area contributed by atoms with Crippen molar-refractivity contribution in [3.63, 3.8) is 0 Å². The van der Waals surface area contributed by atoms with Crippen LogP contribution in [0.15, 0.2) is 36.4 Å². The van der Waals surface area contributed by atoms with E-state index in [0.717, 1.165) is 16.7 Å². The number of hydrogen-bond donors (Lipinski definition) is 4. The second kappa shape index (κ2) is 8.75. The Morgan fingerprint density at radius 1 is 1.06 bits per heavy atom. The molecule has 0 fully saturated rings. The van der Waals surface area contributed by atoms with Crippen molar-refractivity contribution in [3.05, 3.63) is 58.8 Å². The molecule has 0 spiro atoms. The van der Waals surface area contributed by atoms with Crippen LogP contribution in [0, 0.1) is 11.8 Å². The van der Waals surface area contributed by atoms with E-state index in [-0.39, 0.29) is 24.5 Å². The monoisotopic (exact) mass is 432 g/mol. The molecule has 164 valence electrons. The zero-order valence-corrected chi connectivity index (χ0v) is 17.8. The van der Waals surface area contributed by atoms with Crippen LogP contribution in [-0.4, -0.2) is 27.0 Å². The zero-order valence-electron chi connectivity index (χ0n) is 17.8. The van der Waals surface area contributed by atoms with Gasteiger partial charge in [0.2, 0.25) is 12.7 Å². The van der Waals surface area contributed by atoms with Gasteiger partial charge < -0.3 is 31.2 Å². The number of nitrogens with zero attached hydrogens (tertiary/aromatic N) is 2. The minimum Gasteiger partial charge on any atom is -0.454 e. The topological polar surface area (TPSA) is 137 Å². The van der Waals surface area contributed by atoms with E-state index in [0.29, 0.717) is 34.7 Å². The molecule has 0 unspecified atom stereocenters. The molecule has 0 bridgehead atoms. The third kappa shape index (κ3) is 4.17. The first-order valence-corrected chi connectivity index (χ1v) is 10.2. The minimum absolute atomic E-state index is 0.137. The lowest BCUT2D eigenvalue weighted by atomic mass is 9.94. The van der Waals surface area contributed by atoms with E-state index in [2.05, 4.69) is 21.8 Å². The predicted molar refractivity (Wildman–Crippen MR) is 121 cm³/mol. The Morgan fingerprint density at radius 2 is 1.81 bits per heavy atom. The summed E-state index contributed by atoms with van der Waals surface area (Å²) in [6, 6.07) is 10.9. The second-order valence-electron chi connectivity index (χ2n) is 7.43. The van der Waals surface area contributed by atoms with E-state index in [9.17, 15) is 10.2 Å². The summed E-state index contributed by atoms with van der Waals surface area (Å²) in [5, 5.41) is 18.7. The zero-order chi connectivity index (χ0) is 22.8. The summed E-state index contributed by atoms with van der Waals surface area (Å²) in [5.41, 5.74) is 16.1. The van der Waals surface area contributed by atoms with Gasteiger partial charge in [-0.25, -0.2) is 4.98 Å². The molecule has 6 N–H and O–H groups in total. The third-order valence-electron chi connectivity index (χ3n) is 5.29. The predicted octanol–water partition coefficient (Wildman–Crippen LogP) is 2.74. The number of aliphatic hydroxyl groups is 2. The van der Waals surface area contributed by atoms with Gasteiger partial charge in [0.15, 0.2) is 17.8 Å². The Kier molecular flexibility index (Phi) is 5.86. The quantitative estimate of drug-likeness (QED) is 0.365. The molecule has 8 nitrogen and oxygen atoms in total. The molecular formula is C24H24N4O4. The number of hydrogen-bond acceptors (Lipinski definition) is 8. The van der Waals surface area contributed by atoms with Gasteiger partial charge in [-0.15, -0.1) is 0 Å². The van der Waals surface area contributed by atoms with E-state index < -0.39 is 6.29 Å². The lowest BCUT2D eigenvalue weighted by Crippen LogP contribution is -2.06. The maximum absolute atomic E-state index is 9.35. The molecule has 1 aliphatic heterocycles. The summed E-state index contributed by atoms with van der Waals surface area (Å²) in [6.45, 7) is 4.08. The second-order valence-corrected chi connectivity index (χ2v) is 7.43. The first-order valence-electron chi connectivity index (χ1n) is 10.2. The number of rotatable bonds is 4. The van der Waals surface area contributed by atoms with E-state index in [1.54, 1.807) is 12.1 Å². The Balaban J connectivity index is 1.72. The molecule has 1 aromatic heterocycles. The van der Waals surface area contributed by atoms with Gasteiger partial charge in [0.1, 0.15) is 5.82 Å². The highest BCUT2D eigenvalue weighted by Crippen LogP contribution is 2.43. The van der Waals surface area contributed by atoms with Gasteiger partial charge in [-0.1, -0.05) is 43.0 Å². The number of ether oxygens (including phenoxy) is 2. The van der Waals surface area contributed by atoms with Crippen LogP contribution in [0.5, 0.6) is 11.5 Å². The average Bonchev–Trinajstić information content (AvgIpc) is 3.26. The summed E-state index contributed by atoms with van der Waals surface area (Å²) in [4.78, 5) is 8.26. The van der Waals surface area contributed by atoms with E-state index in [1.807, 2.05) is 38.1 Å². The Morgan fingerprint density at radius 3 is 2.50 bits per heavy atom. The highest BCUT2D eigenvalue weighted by atomic mass is 16.7. The highest BCUT2D eigenvalue weighted by molar-refractivity contribution is 5.76. The summed E-state index contributed by atoms with van der Waals surface area (Å²) in [5.74, 6) is 7.90.